The fourth-order valence-corrected chi connectivity index (χ4v) is 5.26. The molecule has 35 heavy (non-hydrogen) atoms. The predicted octanol–water partition coefficient (Wildman–Crippen LogP) is 4.36. The Kier molecular flexibility index (Phi) is 8.76. The Bertz CT molecular complexity index is 1230. The van der Waals surface area contributed by atoms with Crippen LogP contribution in [0.15, 0.2) is 77.7 Å². The van der Waals surface area contributed by atoms with E-state index >= 15 is 0 Å². The minimum atomic E-state index is -4.02. The second-order valence-corrected chi connectivity index (χ2v) is 9.98. The van der Waals surface area contributed by atoms with E-state index in [1.807, 2.05) is 37.3 Å². The number of sulfonamides is 1. The van der Waals surface area contributed by atoms with Crippen LogP contribution in [0.1, 0.15) is 25.0 Å². The lowest BCUT2D eigenvalue weighted by Crippen LogP contribution is -2.41. The molecule has 7 nitrogen and oxygen atoms in total. The highest BCUT2D eigenvalue weighted by Crippen LogP contribution is 2.33. The highest BCUT2D eigenvalue weighted by Gasteiger charge is 2.29. The van der Waals surface area contributed by atoms with Crippen LogP contribution < -0.4 is 19.3 Å². The first-order chi connectivity index (χ1) is 16.8. The third-order valence-corrected chi connectivity index (χ3v) is 7.55. The van der Waals surface area contributed by atoms with Crippen LogP contribution in [-0.4, -0.2) is 41.1 Å². The molecule has 1 N–H and O–H groups in total. The van der Waals surface area contributed by atoms with Crippen LogP contribution in [0.2, 0.25) is 0 Å². The molecule has 8 heteroatoms. The van der Waals surface area contributed by atoms with Crippen molar-refractivity contribution in [3.8, 4) is 5.75 Å². The zero-order valence-corrected chi connectivity index (χ0v) is 21.5. The maximum Gasteiger partial charge on any atom is 0.264 e. The van der Waals surface area contributed by atoms with Crippen molar-refractivity contribution in [3.05, 3.63) is 83.9 Å². The summed E-state index contributed by atoms with van der Waals surface area (Å²) in [5, 5.41) is 2.85. The Balaban J connectivity index is 1.83. The van der Waals surface area contributed by atoms with Gasteiger partial charge in [-0.1, -0.05) is 36.4 Å². The second kappa shape index (κ2) is 11.8. The molecule has 0 radical (unpaired) electrons. The molecule has 3 aromatic carbocycles. The summed E-state index contributed by atoms with van der Waals surface area (Å²) in [4.78, 5) is 15.3. The first kappa shape index (κ1) is 26.1. The molecule has 0 aliphatic rings. The van der Waals surface area contributed by atoms with Gasteiger partial charge in [-0.15, -0.1) is 0 Å². The minimum absolute atomic E-state index is 0.100. The lowest BCUT2D eigenvalue weighted by Gasteiger charge is -2.26. The molecule has 0 aromatic heterocycles. The van der Waals surface area contributed by atoms with E-state index in [1.54, 1.807) is 30.3 Å². The largest absolute Gasteiger partial charge is 0.495 e. The van der Waals surface area contributed by atoms with E-state index in [1.165, 1.54) is 19.2 Å². The number of ether oxygens (including phenoxy) is 1. The van der Waals surface area contributed by atoms with E-state index in [2.05, 4.69) is 24.1 Å². The van der Waals surface area contributed by atoms with Gasteiger partial charge in [-0.05, 0) is 68.3 Å². The van der Waals surface area contributed by atoms with Gasteiger partial charge < -0.3 is 15.0 Å². The average Bonchev–Trinajstić information content (AvgIpc) is 2.88. The molecule has 0 saturated carbocycles. The van der Waals surface area contributed by atoms with Crippen molar-refractivity contribution in [1.82, 2.24) is 5.32 Å². The lowest BCUT2D eigenvalue weighted by molar-refractivity contribution is -0.119. The SMILES string of the molecule is CCN(CC)c1ccc(CNC(=O)CN(c2cc(C)ccc2OC)S(=O)(=O)c2ccccc2)cc1. The van der Waals surface area contributed by atoms with Crippen LogP contribution in [-0.2, 0) is 21.4 Å². The number of aryl methyl sites for hydroxylation is 1. The number of hydrogen-bond acceptors (Lipinski definition) is 5. The van der Waals surface area contributed by atoms with Gasteiger partial charge in [0.15, 0.2) is 0 Å². The van der Waals surface area contributed by atoms with Crippen molar-refractivity contribution >= 4 is 27.3 Å². The fraction of sp³-hybridized carbons (Fsp3) is 0.296. The number of rotatable bonds is 11. The van der Waals surface area contributed by atoms with Gasteiger partial charge in [0, 0.05) is 25.3 Å². The van der Waals surface area contributed by atoms with E-state index in [0.29, 0.717) is 18.0 Å². The topological polar surface area (TPSA) is 79.0 Å². The van der Waals surface area contributed by atoms with E-state index in [4.69, 9.17) is 4.74 Å². The third kappa shape index (κ3) is 6.33. The molecule has 186 valence electrons. The fourth-order valence-electron chi connectivity index (χ4n) is 3.81. The van der Waals surface area contributed by atoms with Crippen LogP contribution in [0.25, 0.3) is 0 Å². The molecule has 3 aromatic rings. The Morgan fingerprint density at radius 3 is 2.20 bits per heavy atom. The van der Waals surface area contributed by atoms with Gasteiger partial charge in [-0.3, -0.25) is 9.10 Å². The summed E-state index contributed by atoms with van der Waals surface area (Å²) < 4.78 is 33.7. The first-order valence-electron chi connectivity index (χ1n) is 11.6. The normalized spacial score (nSPS) is 11.1. The molecule has 0 bridgehead atoms. The van der Waals surface area contributed by atoms with Gasteiger partial charge >= 0.3 is 0 Å². The highest BCUT2D eigenvalue weighted by molar-refractivity contribution is 7.92. The Morgan fingerprint density at radius 2 is 1.60 bits per heavy atom. The van der Waals surface area contributed by atoms with Gasteiger partial charge in [-0.2, -0.15) is 0 Å². The van der Waals surface area contributed by atoms with Crippen LogP contribution in [0.5, 0.6) is 5.75 Å². The number of methoxy groups -OCH3 is 1. The summed E-state index contributed by atoms with van der Waals surface area (Å²) in [5.74, 6) is -0.0456. The molecule has 0 aliphatic carbocycles. The number of nitrogens with zero attached hydrogens (tertiary/aromatic N) is 2. The summed E-state index contributed by atoms with van der Waals surface area (Å²) in [7, 11) is -2.54. The predicted molar refractivity (Wildman–Crippen MR) is 141 cm³/mol. The van der Waals surface area contributed by atoms with Crippen LogP contribution in [0, 0.1) is 6.92 Å². The van der Waals surface area contributed by atoms with Gasteiger partial charge in [0.25, 0.3) is 10.0 Å². The monoisotopic (exact) mass is 495 g/mol. The number of amides is 1. The van der Waals surface area contributed by atoms with Gasteiger partial charge in [0.2, 0.25) is 5.91 Å². The lowest BCUT2D eigenvalue weighted by atomic mass is 10.2. The Morgan fingerprint density at radius 1 is 0.943 bits per heavy atom. The molecule has 0 heterocycles. The van der Waals surface area contributed by atoms with E-state index in [9.17, 15) is 13.2 Å². The van der Waals surface area contributed by atoms with Crippen molar-refractivity contribution in [2.75, 3.05) is 35.9 Å². The van der Waals surface area contributed by atoms with Crippen molar-refractivity contribution < 1.29 is 17.9 Å². The molecule has 0 unspecified atom stereocenters. The van der Waals surface area contributed by atoms with Crippen LogP contribution in [0.4, 0.5) is 11.4 Å². The van der Waals surface area contributed by atoms with Crippen LogP contribution >= 0.6 is 0 Å². The van der Waals surface area contributed by atoms with Crippen molar-refractivity contribution in [2.24, 2.45) is 0 Å². The molecule has 1 amide bonds. The van der Waals surface area contributed by atoms with Crippen molar-refractivity contribution in [3.63, 3.8) is 0 Å². The maximum absolute atomic E-state index is 13.6. The molecule has 0 saturated heterocycles. The first-order valence-corrected chi connectivity index (χ1v) is 13.1. The quantitative estimate of drug-likeness (QED) is 0.428. The van der Waals surface area contributed by atoms with E-state index < -0.39 is 15.9 Å². The standard InChI is InChI=1S/C27H33N3O4S/c1-5-29(6-2)23-15-13-22(14-16-23)19-28-27(31)20-30(25-18-21(3)12-17-26(25)34-4)35(32,33)24-10-8-7-9-11-24/h7-18H,5-6,19-20H2,1-4H3,(H,28,31). The molecule has 0 fully saturated rings. The van der Waals surface area contributed by atoms with Crippen LogP contribution in [0.3, 0.4) is 0 Å². The molecule has 0 atom stereocenters. The number of benzene rings is 3. The van der Waals surface area contributed by atoms with E-state index in [0.717, 1.165) is 34.2 Å². The third-order valence-electron chi connectivity index (χ3n) is 5.78. The maximum atomic E-state index is 13.6. The number of hydrogen-bond donors (Lipinski definition) is 1. The number of carbonyl (C=O) groups is 1. The zero-order chi connectivity index (χ0) is 25.4. The second-order valence-electron chi connectivity index (χ2n) is 8.12. The smallest absolute Gasteiger partial charge is 0.264 e. The molecule has 3 rings (SSSR count). The molecule has 0 aliphatic heterocycles. The molecular weight excluding hydrogens is 462 g/mol. The summed E-state index contributed by atoms with van der Waals surface area (Å²) in [6.07, 6.45) is 0. The zero-order valence-electron chi connectivity index (χ0n) is 20.7. The highest BCUT2D eigenvalue weighted by atomic mass is 32.2. The van der Waals surface area contributed by atoms with Crippen molar-refractivity contribution in [2.45, 2.75) is 32.2 Å². The number of nitrogens with one attached hydrogen (secondary N) is 1. The average molecular weight is 496 g/mol. The summed E-state index contributed by atoms with van der Waals surface area (Å²) in [5.41, 5.74) is 3.22. The van der Waals surface area contributed by atoms with Gasteiger partial charge in [0.1, 0.15) is 12.3 Å². The minimum Gasteiger partial charge on any atom is -0.495 e. The Hall–Kier alpha value is -3.52. The van der Waals surface area contributed by atoms with Gasteiger partial charge in [-0.25, -0.2) is 8.42 Å². The Labute approximate surface area is 208 Å². The molecular formula is C27H33N3O4S. The number of anilines is 2. The summed E-state index contributed by atoms with van der Waals surface area (Å²) in [6.45, 7) is 7.82. The number of carbonyl (C=O) groups excluding carboxylic acids is 1. The molecule has 0 spiro atoms. The summed E-state index contributed by atoms with van der Waals surface area (Å²) >= 11 is 0. The van der Waals surface area contributed by atoms with Gasteiger partial charge in [0.05, 0.1) is 17.7 Å². The summed E-state index contributed by atoms with van der Waals surface area (Å²) in [6, 6.07) is 21.3. The van der Waals surface area contributed by atoms with E-state index in [-0.39, 0.29) is 11.4 Å². The van der Waals surface area contributed by atoms with Crippen molar-refractivity contribution in [1.29, 1.82) is 0 Å².